The molecular formula is C11H18Cl2N2. The van der Waals surface area contributed by atoms with E-state index in [0.717, 1.165) is 41.7 Å². The van der Waals surface area contributed by atoms with Crippen LogP contribution >= 0.6 is 23.2 Å². The molecule has 0 saturated heterocycles. The molecule has 0 fully saturated rings. The van der Waals surface area contributed by atoms with Gasteiger partial charge in [0.05, 0.1) is 16.4 Å². The van der Waals surface area contributed by atoms with Crippen LogP contribution in [-0.2, 0) is 6.54 Å². The molecule has 0 N–H and O–H groups in total. The number of nitrogens with zero attached hydrogens (tertiary/aromatic N) is 2. The van der Waals surface area contributed by atoms with E-state index in [1.807, 2.05) is 18.5 Å². The molecule has 1 rings (SSSR count). The van der Waals surface area contributed by atoms with Crippen LogP contribution in [0.5, 0.6) is 0 Å². The molecule has 0 spiro atoms. The topological polar surface area (TPSA) is 17.8 Å². The first kappa shape index (κ1) is 12.9. The maximum Gasteiger partial charge on any atom is 0.0844 e. The summed E-state index contributed by atoms with van der Waals surface area (Å²) in [5, 5.41) is 5.19. The molecule has 15 heavy (non-hydrogen) atoms. The van der Waals surface area contributed by atoms with Crippen molar-refractivity contribution in [3.8, 4) is 0 Å². The van der Waals surface area contributed by atoms with E-state index < -0.39 is 0 Å². The summed E-state index contributed by atoms with van der Waals surface area (Å²) < 4.78 is 1.99. The highest BCUT2D eigenvalue weighted by Gasteiger charge is 2.09. The highest BCUT2D eigenvalue weighted by Crippen LogP contribution is 2.20. The Morgan fingerprint density at radius 3 is 2.47 bits per heavy atom. The van der Waals surface area contributed by atoms with Crippen LogP contribution in [0.25, 0.3) is 0 Å². The zero-order valence-electron chi connectivity index (χ0n) is 9.56. The maximum atomic E-state index is 6.07. The predicted octanol–water partition coefficient (Wildman–Crippen LogP) is 3.81. The Balaban J connectivity index is 2.54. The molecule has 0 amide bonds. The third kappa shape index (κ3) is 3.39. The third-order valence-electron chi connectivity index (χ3n) is 2.73. The number of hydrogen-bond acceptors (Lipinski definition) is 1. The Morgan fingerprint density at radius 2 is 2.00 bits per heavy atom. The standard InChI is InChI=1S/C11H18Cl2N2/c1-8(4-6-12)5-7-15-10(3)11(13)9(2)14-15/h8H,4-7H2,1-3H3. The monoisotopic (exact) mass is 248 g/mol. The lowest BCUT2D eigenvalue weighted by Gasteiger charge is -2.10. The SMILES string of the molecule is Cc1nn(CCC(C)CCCl)c(C)c1Cl. The minimum absolute atomic E-state index is 0.644. The summed E-state index contributed by atoms with van der Waals surface area (Å²) in [5.74, 6) is 1.38. The smallest absolute Gasteiger partial charge is 0.0844 e. The zero-order valence-corrected chi connectivity index (χ0v) is 11.1. The fourth-order valence-corrected chi connectivity index (χ4v) is 2.07. The maximum absolute atomic E-state index is 6.07. The summed E-state index contributed by atoms with van der Waals surface area (Å²) in [4.78, 5) is 0. The number of hydrogen-bond donors (Lipinski definition) is 0. The molecule has 86 valence electrons. The van der Waals surface area contributed by atoms with Gasteiger partial charge in [0.25, 0.3) is 0 Å². The van der Waals surface area contributed by atoms with Crippen LogP contribution in [0.4, 0.5) is 0 Å². The molecule has 1 aromatic heterocycles. The fourth-order valence-electron chi connectivity index (χ4n) is 1.57. The van der Waals surface area contributed by atoms with Gasteiger partial charge in [-0.25, -0.2) is 0 Å². The van der Waals surface area contributed by atoms with Crippen LogP contribution < -0.4 is 0 Å². The van der Waals surface area contributed by atoms with Crippen LogP contribution in [-0.4, -0.2) is 15.7 Å². The first-order valence-corrected chi connectivity index (χ1v) is 6.23. The normalized spacial score (nSPS) is 13.1. The zero-order chi connectivity index (χ0) is 11.4. The second-order valence-electron chi connectivity index (χ2n) is 4.08. The molecule has 1 atom stereocenters. The summed E-state index contributed by atoms with van der Waals surface area (Å²) in [6.45, 7) is 7.09. The fraction of sp³-hybridized carbons (Fsp3) is 0.727. The van der Waals surface area contributed by atoms with Crippen LogP contribution in [0, 0.1) is 19.8 Å². The van der Waals surface area contributed by atoms with E-state index in [1.165, 1.54) is 0 Å². The van der Waals surface area contributed by atoms with E-state index in [-0.39, 0.29) is 0 Å². The molecule has 0 aliphatic rings. The van der Waals surface area contributed by atoms with Crippen molar-refractivity contribution < 1.29 is 0 Å². The lowest BCUT2D eigenvalue weighted by Crippen LogP contribution is -2.07. The summed E-state index contributed by atoms with van der Waals surface area (Å²) in [7, 11) is 0. The van der Waals surface area contributed by atoms with E-state index in [4.69, 9.17) is 23.2 Å². The van der Waals surface area contributed by atoms with Gasteiger partial charge >= 0.3 is 0 Å². The quantitative estimate of drug-likeness (QED) is 0.725. The molecule has 1 aromatic rings. The highest BCUT2D eigenvalue weighted by atomic mass is 35.5. The van der Waals surface area contributed by atoms with Gasteiger partial charge in [-0.3, -0.25) is 4.68 Å². The summed E-state index contributed by atoms with van der Waals surface area (Å²) in [6, 6.07) is 0. The minimum Gasteiger partial charge on any atom is -0.268 e. The predicted molar refractivity (Wildman–Crippen MR) is 65.8 cm³/mol. The van der Waals surface area contributed by atoms with Crippen LogP contribution in [0.15, 0.2) is 0 Å². The van der Waals surface area contributed by atoms with E-state index in [9.17, 15) is 0 Å². The Kier molecular flexibility index (Phi) is 4.94. The van der Waals surface area contributed by atoms with Gasteiger partial charge in [0.2, 0.25) is 0 Å². The summed E-state index contributed by atoms with van der Waals surface area (Å²) in [6.07, 6.45) is 2.17. The summed E-state index contributed by atoms with van der Waals surface area (Å²) in [5.41, 5.74) is 1.98. The number of aryl methyl sites for hydroxylation is 2. The van der Waals surface area contributed by atoms with Gasteiger partial charge in [0, 0.05) is 12.4 Å². The molecule has 0 aliphatic heterocycles. The minimum atomic E-state index is 0.644. The van der Waals surface area contributed by atoms with Gasteiger partial charge < -0.3 is 0 Å². The number of aromatic nitrogens is 2. The van der Waals surface area contributed by atoms with E-state index in [1.54, 1.807) is 0 Å². The molecule has 1 unspecified atom stereocenters. The molecule has 4 heteroatoms. The number of alkyl halides is 1. The Labute approximate surface area is 102 Å². The van der Waals surface area contributed by atoms with Gasteiger partial charge in [0.1, 0.15) is 0 Å². The Morgan fingerprint density at radius 1 is 1.33 bits per heavy atom. The average Bonchev–Trinajstić information content (AvgIpc) is 2.43. The van der Waals surface area contributed by atoms with Crippen molar-refractivity contribution in [2.45, 2.75) is 40.2 Å². The molecule has 1 heterocycles. The molecule has 0 saturated carbocycles. The number of halogens is 2. The Hall–Kier alpha value is -0.210. The second kappa shape index (κ2) is 5.76. The van der Waals surface area contributed by atoms with Gasteiger partial charge in [0.15, 0.2) is 0 Å². The van der Waals surface area contributed by atoms with Crippen molar-refractivity contribution in [2.75, 3.05) is 5.88 Å². The highest BCUT2D eigenvalue weighted by molar-refractivity contribution is 6.31. The molecule has 0 bridgehead atoms. The number of rotatable bonds is 5. The first-order valence-electron chi connectivity index (χ1n) is 5.31. The van der Waals surface area contributed by atoms with Crippen molar-refractivity contribution in [2.24, 2.45) is 5.92 Å². The summed E-state index contributed by atoms with van der Waals surface area (Å²) >= 11 is 11.8. The van der Waals surface area contributed by atoms with Crippen LogP contribution in [0.1, 0.15) is 31.2 Å². The van der Waals surface area contributed by atoms with Gasteiger partial charge in [-0.15, -0.1) is 11.6 Å². The van der Waals surface area contributed by atoms with E-state index in [2.05, 4.69) is 12.0 Å². The lowest BCUT2D eigenvalue weighted by atomic mass is 10.1. The van der Waals surface area contributed by atoms with Gasteiger partial charge in [-0.1, -0.05) is 18.5 Å². The first-order chi connectivity index (χ1) is 7.06. The van der Waals surface area contributed by atoms with E-state index >= 15 is 0 Å². The van der Waals surface area contributed by atoms with E-state index in [0.29, 0.717) is 5.92 Å². The van der Waals surface area contributed by atoms with Crippen molar-refractivity contribution in [3.05, 3.63) is 16.4 Å². The second-order valence-corrected chi connectivity index (χ2v) is 4.84. The molecule has 0 aromatic carbocycles. The molecule has 0 radical (unpaired) electrons. The largest absolute Gasteiger partial charge is 0.268 e. The van der Waals surface area contributed by atoms with Crippen LogP contribution in [0.2, 0.25) is 5.02 Å². The Bertz CT molecular complexity index is 321. The average molecular weight is 249 g/mol. The van der Waals surface area contributed by atoms with Crippen molar-refractivity contribution >= 4 is 23.2 Å². The van der Waals surface area contributed by atoms with Crippen molar-refractivity contribution in [3.63, 3.8) is 0 Å². The molecule has 0 aliphatic carbocycles. The van der Waals surface area contributed by atoms with Gasteiger partial charge in [-0.05, 0) is 32.6 Å². The lowest BCUT2D eigenvalue weighted by molar-refractivity contribution is 0.444. The van der Waals surface area contributed by atoms with Crippen LogP contribution in [0.3, 0.4) is 0 Å². The molecular weight excluding hydrogens is 231 g/mol. The molecule has 2 nitrogen and oxygen atoms in total. The third-order valence-corrected chi connectivity index (χ3v) is 3.49. The van der Waals surface area contributed by atoms with Gasteiger partial charge in [-0.2, -0.15) is 5.10 Å². The van der Waals surface area contributed by atoms with Crippen molar-refractivity contribution in [1.82, 2.24) is 9.78 Å². The van der Waals surface area contributed by atoms with Crippen molar-refractivity contribution in [1.29, 1.82) is 0 Å².